The van der Waals surface area contributed by atoms with Crippen molar-refractivity contribution in [2.45, 2.75) is 117 Å². The third kappa shape index (κ3) is 4.62. The summed E-state index contributed by atoms with van der Waals surface area (Å²) in [5.41, 5.74) is 0.379. The summed E-state index contributed by atoms with van der Waals surface area (Å²) in [6.07, 6.45) is 13.6. The smallest absolute Gasteiger partial charge is 0.303 e. The Bertz CT molecular complexity index is 813. The van der Waals surface area contributed by atoms with E-state index in [4.69, 9.17) is 9.47 Å². The van der Waals surface area contributed by atoms with Gasteiger partial charge in [-0.1, -0.05) is 13.8 Å². The predicted octanol–water partition coefficient (Wildman–Crippen LogP) is 2.51. The summed E-state index contributed by atoms with van der Waals surface area (Å²) < 4.78 is 13.1. The average Bonchev–Trinajstić information content (AvgIpc) is 3.08. The van der Waals surface area contributed by atoms with Crippen molar-refractivity contribution in [3.8, 4) is 0 Å². The van der Waals surface area contributed by atoms with Gasteiger partial charge in [0.1, 0.15) is 12.1 Å². The number of hydrogen-bond donors (Lipinski definition) is 0. The van der Waals surface area contributed by atoms with Gasteiger partial charge in [0.15, 0.2) is 6.10 Å². The molecule has 4 saturated carbocycles. The van der Waals surface area contributed by atoms with Crippen LogP contribution in [0.5, 0.6) is 0 Å². The highest BCUT2D eigenvalue weighted by atomic mass is 79.9. The number of halogens is 1. The monoisotopic (exact) mass is 553 g/mol. The number of ether oxygens (including phenoxy) is 2. The van der Waals surface area contributed by atoms with Crippen molar-refractivity contribution in [1.82, 2.24) is 0 Å². The molecule has 6 heteroatoms. The highest BCUT2D eigenvalue weighted by Crippen LogP contribution is 2.67. The molecule has 0 N–H and O–H groups in total. The molecule has 1 aliphatic heterocycles. The topological polar surface area (TPSA) is 52.6 Å². The Morgan fingerprint density at radius 1 is 0.829 bits per heavy atom. The van der Waals surface area contributed by atoms with Gasteiger partial charge in [0.25, 0.3) is 0 Å². The van der Waals surface area contributed by atoms with Crippen molar-refractivity contribution < 1.29 is 40.5 Å². The van der Waals surface area contributed by atoms with Crippen molar-refractivity contribution in [3.63, 3.8) is 0 Å². The van der Waals surface area contributed by atoms with Gasteiger partial charge >= 0.3 is 11.9 Å². The second-order valence-electron chi connectivity index (χ2n) is 13.5. The number of hydrogen-bond acceptors (Lipinski definition) is 4. The number of fused-ring (bicyclic) bond motifs is 5. The van der Waals surface area contributed by atoms with Gasteiger partial charge in [-0.05, 0) is 93.3 Å². The summed E-state index contributed by atoms with van der Waals surface area (Å²) in [5.74, 6) is 2.58. The molecule has 4 aliphatic carbocycles. The minimum absolute atomic E-state index is 0. The molecule has 0 aromatic carbocycles. The first-order valence-electron chi connectivity index (χ1n) is 14.3. The second-order valence-corrected chi connectivity index (χ2v) is 13.5. The molecule has 0 unspecified atom stereocenters. The number of esters is 2. The molecule has 0 bridgehead atoms. The Morgan fingerprint density at radius 2 is 1.49 bits per heavy atom. The number of likely N-dealkylation sites (tertiary alicyclic amines) is 1. The number of likely N-dealkylation sites (N-methyl/N-ethyl adjacent to an activating group) is 1. The van der Waals surface area contributed by atoms with Gasteiger partial charge in [-0.15, -0.1) is 0 Å². The van der Waals surface area contributed by atoms with E-state index in [0.717, 1.165) is 35.6 Å². The number of carbonyl (C=O) groups is 2. The van der Waals surface area contributed by atoms with Crippen LogP contribution < -0.4 is 17.0 Å². The molecule has 9 atom stereocenters. The van der Waals surface area contributed by atoms with Crippen LogP contribution in [0.25, 0.3) is 0 Å². The highest BCUT2D eigenvalue weighted by molar-refractivity contribution is 5.66. The molecule has 1 saturated heterocycles. The van der Waals surface area contributed by atoms with Crippen molar-refractivity contribution in [2.24, 2.45) is 34.5 Å². The third-order valence-electron chi connectivity index (χ3n) is 11.8. The number of nitrogens with zero attached hydrogens (tertiary/aromatic N) is 1. The number of piperidine rings is 1. The minimum atomic E-state index is -0.124. The van der Waals surface area contributed by atoms with Crippen molar-refractivity contribution >= 4 is 11.9 Å². The minimum Gasteiger partial charge on any atom is -1.00 e. The quantitative estimate of drug-likeness (QED) is 0.398. The van der Waals surface area contributed by atoms with Crippen LogP contribution in [0.1, 0.15) is 98.3 Å². The van der Waals surface area contributed by atoms with Gasteiger partial charge in [0, 0.05) is 25.7 Å². The lowest BCUT2D eigenvalue weighted by Crippen LogP contribution is -3.00. The first-order chi connectivity index (χ1) is 16.1. The molecule has 0 amide bonds. The largest absolute Gasteiger partial charge is 1.00 e. The predicted molar refractivity (Wildman–Crippen MR) is 132 cm³/mol. The van der Waals surface area contributed by atoms with E-state index in [1.807, 2.05) is 0 Å². The van der Waals surface area contributed by atoms with E-state index in [-0.39, 0.29) is 52.0 Å². The third-order valence-corrected chi connectivity index (χ3v) is 11.8. The first-order valence-corrected chi connectivity index (χ1v) is 14.3. The van der Waals surface area contributed by atoms with Gasteiger partial charge in [0.05, 0.1) is 20.1 Å². The maximum absolute atomic E-state index is 12.2. The lowest BCUT2D eigenvalue weighted by atomic mass is 9.44. The zero-order chi connectivity index (χ0) is 24.3. The van der Waals surface area contributed by atoms with E-state index in [9.17, 15) is 9.59 Å². The number of quaternary nitrogens is 1. The Kier molecular flexibility index (Phi) is 7.77. The molecule has 0 spiro atoms. The van der Waals surface area contributed by atoms with E-state index >= 15 is 0 Å². The van der Waals surface area contributed by atoms with Crippen LogP contribution in [0.4, 0.5) is 0 Å². The molecular weight excluding hydrogens is 506 g/mol. The number of rotatable bonds is 3. The van der Waals surface area contributed by atoms with Gasteiger partial charge in [-0.25, -0.2) is 0 Å². The zero-order valence-electron chi connectivity index (χ0n) is 22.7. The highest BCUT2D eigenvalue weighted by Gasteiger charge is 2.63. The summed E-state index contributed by atoms with van der Waals surface area (Å²) in [6, 6.07) is 0.451. The zero-order valence-corrected chi connectivity index (χ0v) is 24.3. The van der Waals surface area contributed by atoms with E-state index in [0.29, 0.717) is 17.9 Å². The molecule has 5 rings (SSSR count). The maximum atomic E-state index is 12.2. The van der Waals surface area contributed by atoms with Crippen LogP contribution in [-0.4, -0.2) is 54.8 Å². The fourth-order valence-corrected chi connectivity index (χ4v) is 10.2. The van der Waals surface area contributed by atoms with E-state index in [2.05, 4.69) is 20.9 Å². The summed E-state index contributed by atoms with van der Waals surface area (Å²) >= 11 is 0. The summed E-state index contributed by atoms with van der Waals surface area (Å²) in [5, 5.41) is 0. The fraction of sp³-hybridized carbons (Fsp3) is 0.931. The fourth-order valence-electron chi connectivity index (χ4n) is 10.2. The van der Waals surface area contributed by atoms with Crippen LogP contribution in [0, 0.1) is 34.5 Å². The average molecular weight is 555 g/mol. The number of carbonyl (C=O) groups excluding carboxylic acids is 2. The molecule has 1 heterocycles. The van der Waals surface area contributed by atoms with Gasteiger partial charge < -0.3 is 30.9 Å². The standard InChI is InChI=1S/C29H48NO4.BrH/c1-19(31)33-26-18-29(4)21(17-25(26)30(5)15-7-6-8-16-30)9-10-22-23-11-12-27(34-20(2)32)28(23,3)14-13-24(22)29;/h21-27H,6-18H2,1-5H3;1H/q+1;/p-1/t21-,22-,23-,24-,25-,26-,27-,28-,29-;/m0./s1. The molecular formula is C29H48BrNO4. The van der Waals surface area contributed by atoms with E-state index < -0.39 is 0 Å². The maximum Gasteiger partial charge on any atom is 0.303 e. The van der Waals surface area contributed by atoms with Crippen LogP contribution in [-0.2, 0) is 19.1 Å². The molecule has 0 radical (unpaired) electrons. The Morgan fingerprint density at radius 3 is 2.14 bits per heavy atom. The van der Waals surface area contributed by atoms with Gasteiger partial charge in [-0.3, -0.25) is 9.59 Å². The van der Waals surface area contributed by atoms with E-state index in [1.54, 1.807) is 13.8 Å². The summed E-state index contributed by atoms with van der Waals surface area (Å²) in [7, 11) is 2.44. The van der Waals surface area contributed by atoms with Crippen molar-refractivity contribution in [1.29, 1.82) is 0 Å². The summed E-state index contributed by atoms with van der Waals surface area (Å²) in [6.45, 7) is 10.6. The van der Waals surface area contributed by atoms with Crippen molar-refractivity contribution in [3.05, 3.63) is 0 Å². The molecule has 0 aromatic rings. The Balaban J connectivity index is 0.00000289. The van der Waals surface area contributed by atoms with E-state index in [1.165, 1.54) is 64.5 Å². The molecule has 35 heavy (non-hydrogen) atoms. The van der Waals surface area contributed by atoms with Gasteiger partial charge in [-0.2, -0.15) is 0 Å². The lowest BCUT2D eigenvalue weighted by Gasteiger charge is -2.63. The van der Waals surface area contributed by atoms with Crippen LogP contribution in [0.2, 0.25) is 0 Å². The van der Waals surface area contributed by atoms with Crippen LogP contribution in [0.3, 0.4) is 0 Å². The lowest BCUT2D eigenvalue weighted by molar-refractivity contribution is -0.942. The SMILES string of the molecule is CC(=O)O[C@H]1C[C@@]2(C)[C@@H](CC[C@@H]3[C@@H]2CC[C@]2(C)[C@@H](OC(C)=O)CC[C@@H]32)C[C@@H]1[N+]1(C)CCCCC1.[Br-]. The van der Waals surface area contributed by atoms with Gasteiger partial charge in [0.2, 0.25) is 0 Å². The molecule has 200 valence electrons. The molecule has 0 aromatic heterocycles. The Labute approximate surface area is 223 Å². The summed E-state index contributed by atoms with van der Waals surface area (Å²) in [4.78, 5) is 24.0. The molecule has 5 nitrogen and oxygen atoms in total. The van der Waals surface area contributed by atoms with Crippen LogP contribution in [0.15, 0.2) is 0 Å². The Hall–Kier alpha value is -0.620. The van der Waals surface area contributed by atoms with Crippen molar-refractivity contribution in [2.75, 3.05) is 20.1 Å². The second kappa shape index (κ2) is 9.93. The molecule has 5 fully saturated rings. The normalized spacial score (nSPS) is 46.3. The molecule has 5 aliphatic rings. The van der Waals surface area contributed by atoms with Crippen LogP contribution >= 0.6 is 0 Å². The first kappa shape index (κ1) is 27.4.